The van der Waals surface area contributed by atoms with Crippen LogP contribution < -0.4 is 0 Å². The molecule has 3 heteroatoms. The highest BCUT2D eigenvalue weighted by molar-refractivity contribution is 4.62. The second-order valence-corrected chi connectivity index (χ2v) is 2.24. The van der Waals surface area contributed by atoms with Crippen LogP contribution in [-0.4, -0.2) is 17.1 Å². The van der Waals surface area contributed by atoms with Crippen LogP contribution in [0.15, 0.2) is 0 Å². The third-order valence-corrected chi connectivity index (χ3v) is 1.53. The molecule has 0 bridgehead atoms. The standard InChI is InChI=1S/C6H11F.2C2H6.2H2O/c7-6-4-2-1-3-5-6;2*1-2;;/h6H,1-5H2;2*1-2H3;2*1H2. The van der Waals surface area contributed by atoms with Crippen LogP contribution in [0.1, 0.15) is 59.8 Å². The molecule has 0 unspecified atom stereocenters. The van der Waals surface area contributed by atoms with E-state index in [4.69, 9.17) is 0 Å². The Morgan fingerprint density at radius 2 is 1.08 bits per heavy atom. The summed E-state index contributed by atoms with van der Waals surface area (Å²) in [6, 6.07) is 0. The second kappa shape index (κ2) is 22.6. The van der Waals surface area contributed by atoms with E-state index < -0.39 is 6.17 Å². The molecule has 0 atom stereocenters. The predicted molar refractivity (Wildman–Crippen MR) is 57.9 cm³/mol. The van der Waals surface area contributed by atoms with Gasteiger partial charge in [0.05, 0.1) is 0 Å². The number of hydrogen-bond donors (Lipinski definition) is 0. The molecule has 1 aliphatic carbocycles. The highest BCUT2D eigenvalue weighted by atomic mass is 19.1. The van der Waals surface area contributed by atoms with Crippen molar-refractivity contribution < 1.29 is 15.3 Å². The van der Waals surface area contributed by atoms with Crippen molar-refractivity contribution in [1.82, 2.24) is 0 Å². The Balaban J connectivity index is -0.0000000607. The lowest BCUT2D eigenvalue weighted by molar-refractivity contribution is 0.251. The SMILES string of the molecule is CC.CC.FC1CCCCC1.O.O. The average molecular weight is 198 g/mol. The van der Waals surface area contributed by atoms with Crippen molar-refractivity contribution in [2.45, 2.75) is 66.0 Å². The molecule has 0 aliphatic heterocycles. The summed E-state index contributed by atoms with van der Waals surface area (Å²) in [6.07, 6.45) is 4.65. The highest BCUT2D eigenvalue weighted by Gasteiger charge is 2.09. The Hall–Kier alpha value is -0.150. The van der Waals surface area contributed by atoms with Crippen molar-refractivity contribution in [1.29, 1.82) is 0 Å². The van der Waals surface area contributed by atoms with Crippen LogP contribution >= 0.6 is 0 Å². The summed E-state index contributed by atoms with van der Waals surface area (Å²) < 4.78 is 12.2. The summed E-state index contributed by atoms with van der Waals surface area (Å²) in [7, 11) is 0. The van der Waals surface area contributed by atoms with E-state index in [1.165, 1.54) is 6.42 Å². The normalized spacial score (nSPS) is 14.5. The number of hydrogen-bond acceptors (Lipinski definition) is 0. The molecule has 1 aliphatic rings. The maximum absolute atomic E-state index is 12.2. The molecule has 0 heterocycles. The maximum Gasteiger partial charge on any atom is 0.100 e. The first-order chi connectivity index (χ1) is 5.39. The van der Waals surface area contributed by atoms with Crippen molar-refractivity contribution in [2.75, 3.05) is 0 Å². The fourth-order valence-electron chi connectivity index (χ4n) is 1.05. The largest absolute Gasteiger partial charge is 0.412 e. The first kappa shape index (κ1) is 23.0. The zero-order valence-electron chi connectivity index (χ0n) is 9.49. The fraction of sp³-hybridized carbons (Fsp3) is 1.00. The van der Waals surface area contributed by atoms with Crippen LogP contribution in [0.5, 0.6) is 0 Å². The molecule has 0 spiro atoms. The summed E-state index contributed by atoms with van der Waals surface area (Å²) in [5, 5.41) is 0. The summed E-state index contributed by atoms with van der Waals surface area (Å²) in [5.41, 5.74) is 0. The molecule has 0 amide bonds. The van der Waals surface area contributed by atoms with Crippen molar-refractivity contribution >= 4 is 0 Å². The molecule has 1 saturated carbocycles. The van der Waals surface area contributed by atoms with E-state index >= 15 is 0 Å². The molecule has 1 rings (SSSR count). The van der Waals surface area contributed by atoms with E-state index in [0.29, 0.717) is 0 Å². The minimum atomic E-state index is -0.464. The number of rotatable bonds is 0. The minimum absolute atomic E-state index is 0. The number of alkyl halides is 1. The molecule has 0 aromatic carbocycles. The Bertz CT molecular complexity index is 54.9. The van der Waals surface area contributed by atoms with Crippen LogP contribution in [-0.2, 0) is 0 Å². The second-order valence-electron chi connectivity index (χ2n) is 2.24. The monoisotopic (exact) mass is 198 g/mol. The van der Waals surface area contributed by atoms with Crippen LogP contribution in [0.25, 0.3) is 0 Å². The molecule has 0 aromatic heterocycles. The quantitative estimate of drug-likeness (QED) is 0.574. The first-order valence-corrected chi connectivity index (χ1v) is 5.03. The van der Waals surface area contributed by atoms with E-state index in [1.54, 1.807) is 0 Å². The van der Waals surface area contributed by atoms with Crippen LogP contribution in [0.2, 0.25) is 0 Å². The van der Waals surface area contributed by atoms with Crippen molar-refractivity contribution in [3.63, 3.8) is 0 Å². The molecule has 13 heavy (non-hydrogen) atoms. The topological polar surface area (TPSA) is 63.0 Å². The van der Waals surface area contributed by atoms with Gasteiger partial charge in [0, 0.05) is 0 Å². The Kier molecular flexibility index (Phi) is 40.1. The highest BCUT2D eigenvalue weighted by Crippen LogP contribution is 2.19. The van der Waals surface area contributed by atoms with Gasteiger partial charge in [-0.05, 0) is 12.8 Å². The Labute approximate surface area is 82.2 Å². The molecule has 86 valence electrons. The van der Waals surface area contributed by atoms with Gasteiger partial charge in [-0.25, -0.2) is 4.39 Å². The zero-order chi connectivity index (χ0) is 9.11. The van der Waals surface area contributed by atoms with E-state index in [2.05, 4.69) is 0 Å². The lowest BCUT2D eigenvalue weighted by atomic mass is 9.99. The van der Waals surface area contributed by atoms with Crippen LogP contribution in [0.3, 0.4) is 0 Å². The molecule has 0 aromatic rings. The van der Waals surface area contributed by atoms with Gasteiger partial charge in [0.25, 0.3) is 0 Å². The van der Waals surface area contributed by atoms with E-state index in [-0.39, 0.29) is 11.0 Å². The summed E-state index contributed by atoms with van der Waals surface area (Å²) >= 11 is 0. The van der Waals surface area contributed by atoms with Gasteiger partial charge in [-0.3, -0.25) is 0 Å². The Morgan fingerprint density at radius 1 is 0.769 bits per heavy atom. The van der Waals surface area contributed by atoms with E-state index in [0.717, 1.165) is 25.7 Å². The van der Waals surface area contributed by atoms with Crippen molar-refractivity contribution in [2.24, 2.45) is 0 Å². The third kappa shape index (κ3) is 18.7. The number of halogens is 1. The maximum atomic E-state index is 12.2. The predicted octanol–water partition coefficient (Wildman–Crippen LogP) is 2.69. The van der Waals surface area contributed by atoms with Crippen molar-refractivity contribution in [3.05, 3.63) is 0 Å². The fourth-order valence-corrected chi connectivity index (χ4v) is 1.05. The third-order valence-electron chi connectivity index (χ3n) is 1.53. The minimum Gasteiger partial charge on any atom is -0.412 e. The lowest BCUT2D eigenvalue weighted by Gasteiger charge is -2.12. The molecular weight excluding hydrogens is 171 g/mol. The van der Waals surface area contributed by atoms with Gasteiger partial charge < -0.3 is 11.0 Å². The summed E-state index contributed by atoms with van der Waals surface area (Å²) in [6.45, 7) is 8.00. The van der Waals surface area contributed by atoms with Gasteiger partial charge in [0.15, 0.2) is 0 Å². The smallest absolute Gasteiger partial charge is 0.100 e. The molecule has 0 saturated heterocycles. The molecule has 2 nitrogen and oxygen atoms in total. The molecular formula is C10H27FO2. The average Bonchev–Trinajstić information content (AvgIpc) is 2.13. The van der Waals surface area contributed by atoms with Gasteiger partial charge in [0.1, 0.15) is 6.17 Å². The molecule has 1 fully saturated rings. The summed E-state index contributed by atoms with van der Waals surface area (Å²) in [5.74, 6) is 0. The van der Waals surface area contributed by atoms with E-state index in [1.807, 2.05) is 27.7 Å². The molecule has 0 radical (unpaired) electrons. The first-order valence-electron chi connectivity index (χ1n) is 5.03. The van der Waals surface area contributed by atoms with Crippen molar-refractivity contribution in [3.8, 4) is 0 Å². The Morgan fingerprint density at radius 3 is 1.23 bits per heavy atom. The zero-order valence-corrected chi connectivity index (χ0v) is 9.49. The van der Waals surface area contributed by atoms with Gasteiger partial charge in [-0.1, -0.05) is 47.0 Å². The van der Waals surface area contributed by atoms with Crippen LogP contribution in [0.4, 0.5) is 4.39 Å². The summed E-state index contributed by atoms with van der Waals surface area (Å²) in [4.78, 5) is 0. The van der Waals surface area contributed by atoms with Gasteiger partial charge in [-0.15, -0.1) is 0 Å². The molecule has 4 N–H and O–H groups in total. The van der Waals surface area contributed by atoms with Gasteiger partial charge in [-0.2, -0.15) is 0 Å². The van der Waals surface area contributed by atoms with Gasteiger partial charge in [0.2, 0.25) is 0 Å². The lowest BCUT2D eigenvalue weighted by Crippen LogP contribution is -2.04. The van der Waals surface area contributed by atoms with E-state index in [9.17, 15) is 4.39 Å². The van der Waals surface area contributed by atoms with Crippen LogP contribution in [0, 0.1) is 0 Å². The van der Waals surface area contributed by atoms with Gasteiger partial charge >= 0.3 is 0 Å².